The number of benzene rings is 2. The highest BCUT2D eigenvalue weighted by Crippen LogP contribution is 2.22. The molecule has 0 bridgehead atoms. The van der Waals surface area contributed by atoms with Gasteiger partial charge in [0.25, 0.3) is 11.8 Å². The molecule has 0 fully saturated rings. The number of fused-ring (bicyclic) bond motifs is 1. The molecule has 2 N–H and O–H groups in total. The van der Waals surface area contributed by atoms with Crippen molar-refractivity contribution in [3.05, 3.63) is 77.1 Å². The second-order valence-corrected chi connectivity index (χ2v) is 6.97. The predicted molar refractivity (Wildman–Crippen MR) is 112 cm³/mol. The molecule has 0 aliphatic carbocycles. The summed E-state index contributed by atoms with van der Waals surface area (Å²) in [5.74, 6) is -0.879. The molecule has 8 nitrogen and oxygen atoms in total. The maximum Gasteiger partial charge on any atom is 0.262 e. The van der Waals surface area contributed by atoms with Crippen molar-refractivity contribution in [2.75, 3.05) is 17.2 Å². The molecule has 0 unspecified atom stereocenters. The fourth-order valence-electron chi connectivity index (χ4n) is 3.27. The lowest BCUT2D eigenvalue weighted by molar-refractivity contribution is -0.116. The number of rotatable bonds is 5. The van der Waals surface area contributed by atoms with Crippen LogP contribution in [0, 0.1) is 13.8 Å². The standard InChI is InChI=1S/C22H19N5O3/c1-13-11-14(2)24-22(23-13)26-16-9-7-15(8-10-16)25-19(28)12-27-20(29)17-5-3-4-6-18(17)21(27)30/h3-11H,12H2,1-2H3,(H,25,28)(H,23,24,26). The van der Waals surface area contributed by atoms with Crippen molar-refractivity contribution in [2.24, 2.45) is 0 Å². The van der Waals surface area contributed by atoms with Crippen LogP contribution < -0.4 is 10.6 Å². The number of carbonyl (C=O) groups is 3. The summed E-state index contributed by atoms with van der Waals surface area (Å²) in [6.07, 6.45) is 0. The molecule has 4 rings (SSSR count). The van der Waals surface area contributed by atoms with Gasteiger partial charge >= 0.3 is 0 Å². The summed E-state index contributed by atoms with van der Waals surface area (Å²) in [5, 5.41) is 5.82. The summed E-state index contributed by atoms with van der Waals surface area (Å²) in [5.41, 5.74) is 3.67. The highest BCUT2D eigenvalue weighted by Gasteiger charge is 2.36. The van der Waals surface area contributed by atoms with E-state index in [1.54, 1.807) is 48.5 Å². The number of aromatic nitrogens is 2. The lowest BCUT2D eigenvalue weighted by atomic mass is 10.1. The van der Waals surface area contributed by atoms with Crippen LogP contribution in [0.1, 0.15) is 32.1 Å². The van der Waals surface area contributed by atoms with E-state index in [0.717, 1.165) is 22.0 Å². The van der Waals surface area contributed by atoms with Crippen molar-refractivity contribution in [1.29, 1.82) is 0 Å². The number of aryl methyl sites for hydroxylation is 2. The number of hydrogen-bond donors (Lipinski definition) is 2. The molecule has 0 atom stereocenters. The first-order valence-electron chi connectivity index (χ1n) is 9.35. The van der Waals surface area contributed by atoms with Crippen LogP contribution in [0.4, 0.5) is 17.3 Å². The third-order valence-electron chi connectivity index (χ3n) is 4.59. The van der Waals surface area contributed by atoms with Gasteiger partial charge in [0.05, 0.1) is 11.1 Å². The smallest absolute Gasteiger partial charge is 0.262 e. The van der Waals surface area contributed by atoms with Crippen LogP contribution in [0.15, 0.2) is 54.6 Å². The second-order valence-electron chi connectivity index (χ2n) is 6.97. The molecule has 2 aromatic carbocycles. The molecule has 1 aliphatic heterocycles. The van der Waals surface area contributed by atoms with E-state index in [0.29, 0.717) is 22.8 Å². The van der Waals surface area contributed by atoms with Gasteiger partial charge in [0.2, 0.25) is 11.9 Å². The quantitative estimate of drug-likeness (QED) is 0.637. The Morgan fingerprint density at radius 2 is 1.40 bits per heavy atom. The number of nitrogens with zero attached hydrogens (tertiary/aromatic N) is 3. The van der Waals surface area contributed by atoms with Crippen molar-refractivity contribution in [1.82, 2.24) is 14.9 Å². The van der Waals surface area contributed by atoms with E-state index >= 15 is 0 Å². The Hall–Kier alpha value is -4.07. The molecular weight excluding hydrogens is 382 g/mol. The lowest BCUT2D eigenvalue weighted by Gasteiger charge is -2.14. The Kier molecular flexibility index (Phi) is 4.97. The largest absolute Gasteiger partial charge is 0.325 e. The van der Waals surface area contributed by atoms with Crippen molar-refractivity contribution in [2.45, 2.75) is 13.8 Å². The van der Waals surface area contributed by atoms with Crippen LogP contribution in [0.25, 0.3) is 0 Å². The number of carbonyl (C=O) groups excluding carboxylic acids is 3. The van der Waals surface area contributed by atoms with Crippen LogP contribution in [-0.2, 0) is 4.79 Å². The van der Waals surface area contributed by atoms with Gasteiger partial charge in [0.15, 0.2) is 0 Å². The first-order chi connectivity index (χ1) is 14.4. The van der Waals surface area contributed by atoms with Crippen molar-refractivity contribution in [3.63, 3.8) is 0 Å². The highest BCUT2D eigenvalue weighted by molar-refractivity contribution is 6.22. The second kappa shape index (κ2) is 7.75. The average Bonchev–Trinajstić information content (AvgIpc) is 2.94. The molecular formula is C22H19N5O3. The molecule has 8 heteroatoms. The first-order valence-corrected chi connectivity index (χ1v) is 9.35. The minimum absolute atomic E-state index is 0.319. The van der Waals surface area contributed by atoms with E-state index in [2.05, 4.69) is 20.6 Å². The van der Waals surface area contributed by atoms with Crippen LogP contribution in [0.3, 0.4) is 0 Å². The van der Waals surface area contributed by atoms with E-state index in [1.807, 2.05) is 19.9 Å². The Labute approximate surface area is 173 Å². The number of hydrogen-bond acceptors (Lipinski definition) is 6. The van der Waals surface area contributed by atoms with Gasteiger partial charge in [0, 0.05) is 22.8 Å². The van der Waals surface area contributed by atoms with Crippen LogP contribution in [0.5, 0.6) is 0 Å². The van der Waals surface area contributed by atoms with Crippen molar-refractivity contribution >= 4 is 35.0 Å². The minimum Gasteiger partial charge on any atom is -0.325 e. The molecule has 1 aromatic heterocycles. The van der Waals surface area contributed by atoms with E-state index in [-0.39, 0.29) is 6.54 Å². The van der Waals surface area contributed by atoms with Gasteiger partial charge in [-0.2, -0.15) is 0 Å². The molecule has 30 heavy (non-hydrogen) atoms. The Balaban J connectivity index is 1.38. The topological polar surface area (TPSA) is 104 Å². The van der Waals surface area contributed by atoms with Crippen LogP contribution in [0.2, 0.25) is 0 Å². The highest BCUT2D eigenvalue weighted by atomic mass is 16.2. The molecule has 0 radical (unpaired) electrons. The first kappa shape index (κ1) is 19.3. The monoisotopic (exact) mass is 401 g/mol. The van der Waals surface area contributed by atoms with Gasteiger partial charge in [-0.15, -0.1) is 0 Å². The molecule has 2 heterocycles. The number of anilines is 3. The number of amides is 3. The third kappa shape index (κ3) is 3.88. The summed E-state index contributed by atoms with van der Waals surface area (Å²) < 4.78 is 0. The summed E-state index contributed by atoms with van der Waals surface area (Å²) in [4.78, 5) is 46.7. The van der Waals surface area contributed by atoms with Gasteiger partial charge in [0.1, 0.15) is 6.54 Å². The summed E-state index contributed by atoms with van der Waals surface area (Å²) in [6, 6.07) is 15.4. The fraction of sp³-hybridized carbons (Fsp3) is 0.136. The zero-order valence-corrected chi connectivity index (χ0v) is 16.5. The van der Waals surface area contributed by atoms with E-state index in [9.17, 15) is 14.4 Å². The molecule has 1 aliphatic rings. The third-order valence-corrected chi connectivity index (χ3v) is 4.59. The van der Waals surface area contributed by atoms with E-state index in [1.165, 1.54) is 0 Å². The SMILES string of the molecule is Cc1cc(C)nc(Nc2ccc(NC(=O)CN3C(=O)c4ccccc4C3=O)cc2)n1. The zero-order valence-electron chi connectivity index (χ0n) is 16.5. The van der Waals surface area contributed by atoms with Crippen molar-refractivity contribution in [3.8, 4) is 0 Å². The number of imide groups is 1. The van der Waals surface area contributed by atoms with Crippen LogP contribution >= 0.6 is 0 Å². The maximum atomic E-state index is 12.4. The summed E-state index contributed by atoms with van der Waals surface area (Å²) in [6.45, 7) is 3.45. The van der Waals surface area contributed by atoms with E-state index in [4.69, 9.17) is 0 Å². The van der Waals surface area contributed by atoms with Gasteiger partial charge in [-0.05, 0) is 56.3 Å². The fourth-order valence-corrected chi connectivity index (χ4v) is 3.27. The average molecular weight is 401 g/mol. The summed E-state index contributed by atoms with van der Waals surface area (Å²) in [7, 11) is 0. The lowest BCUT2D eigenvalue weighted by Crippen LogP contribution is -2.37. The molecule has 3 aromatic rings. The van der Waals surface area contributed by atoms with Crippen molar-refractivity contribution < 1.29 is 14.4 Å². The molecule has 0 saturated heterocycles. The number of nitrogens with one attached hydrogen (secondary N) is 2. The maximum absolute atomic E-state index is 12.4. The Morgan fingerprint density at radius 3 is 1.97 bits per heavy atom. The van der Waals surface area contributed by atoms with Gasteiger partial charge in [-0.25, -0.2) is 9.97 Å². The Bertz CT molecular complexity index is 1100. The molecule has 150 valence electrons. The molecule has 0 saturated carbocycles. The van der Waals surface area contributed by atoms with E-state index < -0.39 is 17.7 Å². The van der Waals surface area contributed by atoms with Crippen LogP contribution in [-0.4, -0.2) is 39.1 Å². The zero-order chi connectivity index (χ0) is 21.3. The summed E-state index contributed by atoms with van der Waals surface area (Å²) >= 11 is 0. The van der Waals surface area contributed by atoms with Gasteiger partial charge < -0.3 is 10.6 Å². The molecule has 0 spiro atoms. The molecule has 3 amide bonds. The van der Waals surface area contributed by atoms with Gasteiger partial charge in [-0.1, -0.05) is 12.1 Å². The predicted octanol–water partition coefficient (Wildman–Crippen LogP) is 3.07. The minimum atomic E-state index is -0.459. The van der Waals surface area contributed by atoms with Gasteiger partial charge in [-0.3, -0.25) is 19.3 Å². The normalized spacial score (nSPS) is 12.7. The Morgan fingerprint density at radius 1 is 0.867 bits per heavy atom.